The molecule has 144 valence electrons. The minimum Gasteiger partial charge on any atom is -0.508 e. The number of aromatic hydroxyl groups is 1. The zero-order valence-corrected chi connectivity index (χ0v) is 16.2. The Labute approximate surface area is 155 Å². The van der Waals surface area contributed by atoms with Gasteiger partial charge in [0, 0.05) is 18.8 Å². The van der Waals surface area contributed by atoms with Gasteiger partial charge in [0.15, 0.2) is 15.9 Å². The lowest BCUT2D eigenvalue weighted by Gasteiger charge is -2.37. The van der Waals surface area contributed by atoms with Crippen LogP contribution >= 0.6 is 0 Å². The first-order valence-corrected chi connectivity index (χ1v) is 10.9. The Hall–Kier alpha value is -1.80. The topological polar surface area (TPSA) is 82.4 Å². The molecule has 2 N–H and O–H groups in total. The number of benzene rings is 1. The molecule has 0 unspecified atom stereocenters. The van der Waals surface area contributed by atoms with Crippen molar-refractivity contribution in [1.82, 2.24) is 4.90 Å². The van der Waals surface area contributed by atoms with Gasteiger partial charge in [-0.2, -0.15) is 0 Å². The molecule has 2 fully saturated rings. The predicted octanol–water partition coefficient (Wildman–Crippen LogP) is -0.869. The van der Waals surface area contributed by atoms with Crippen LogP contribution in [0.4, 0.5) is 5.69 Å². The predicted molar refractivity (Wildman–Crippen MR) is 100 cm³/mol. The number of piperazine rings is 1. The van der Waals surface area contributed by atoms with Crippen LogP contribution in [0.5, 0.6) is 5.75 Å². The van der Waals surface area contributed by atoms with Crippen molar-refractivity contribution >= 4 is 21.4 Å². The molecule has 2 saturated heterocycles. The van der Waals surface area contributed by atoms with Crippen LogP contribution in [0, 0.1) is 0 Å². The van der Waals surface area contributed by atoms with Gasteiger partial charge >= 0.3 is 0 Å². The summed E-state index contributed by atoms with van der Waals surface area (Å²) in [5.74, 6) is 0.558. The van der Waals surface area contributed by atoms with Gasteiger partial charge in [0.25, 0.3) is 5.91 Å². The van der Waals surface area contributed by atoms with E-state index in [1.807, 2.05) is 19.1 Å². The van der Waals surface area contributed by atoms with Crippen molar-refractivity contribution in [2.75, 3.05) is 49.6 Å². The summed E-state index contributed by atoms with van der Waals surface area (Å²) in [6.07, 6.45) is 0.543. The van der Waals surface area contributed by atoms with Crippen molar-refractivity contribution in [3.63, 3.8) is 0 Å². The van der Waals surface area contributed by atoms with E-state index in [2.05, 4.69) is 4.90 Å². The maximum atomic E-state index is 12.8. The third-order valence-electron chi connectivity index (χ3n) is 5.71. The molecule has 2 atom stereocenters. The van der Waals surface area contributed by atoms with Gasteiger partial charge < -0.3 is 19.8 Å². The second-order valence-corrected chi connectivity index (χ2v) is 9.62. The fraction of sp³-hybridized carbons (Fsp3) is 0.611. The molecule has 7 nitrogen and oxygen atoms in total. The molecule has 0 aromatic heterocycles. The van der Waals surface area contributed by atoms with Gasteiger partial charge in [0.1, 0.15) is 5.75 Å². The normalized spacial score (nSPS) is 24.4. The SMILES string of the molecule is C[C@H](C(=O)N(C)[C@H]1CCS(=O)(=O)C1)[NH+]1CCN(c2ccc(O)cc2)CC1. The first-order valence-electron chi connectivity index (χ1n) is 9.12. The van der Waals surface area contributed by atoms with E-state index in [9.17, 15) is 18.3 Å². The van der Waals surface area contributed by atoms with E-state index in [-0.39, 0.29) is 35.2 Å². The summed E-state index contributed by atoms with van der Waals surface area (Å²) in [4.78, 5) is 17.9. The van der Waals surface area contributed by atoms with E-state index in [0.29, 0.717) is 6.42 Å². The minimum atomic E-state index is -2.99. The van der Waals surface area contributed by atoms with Gasteiger partial charge in [-0.25, -0.2) is 8.42 Å². The van der Waals surface area contributed by atoms with Gasteiger partial charge in [-0.1, -0.05) is 0 Å². The zero-order valence-electron chi connectivity index (χ0n) is 15.4. The smallest absolute Gasteiger partial charge is 0.280 e. The lowest BCUT2D eigenvalue weighted by atomic mass is 10.1. The van der Waals surface area contributed by atoms with Gasteiger partial charge in [-0.15, -0.1) is 0 Å². The Balaban J connectivity index is 1.55. The average Bonchev–Trinajstić information content (AvgIpc) is 3.00. The maximum absolute atomic E-state index is 12.8. The number of nitrogens with one attached hydrogen (secondary N) is 1. The van der Waals surface area contributed by atoms with Crippen molar-refractivity contribution < 1.29 is 23.2 Å². The number of carbonyl (C=O) groups is 1. The highest BCUT2D eigenvalue weighted by Crippen LogP contribution is 2.19. The van der Waals surface area contributed by atoms with E-state index in [1.54, 1.807) is 24.1 Å². The fourth-order valence-electron chi connectivity index (χ4n) is 3.89. The van der Waals surface area contributed by atoms with Crippen LogP contribution in [0.15, 0.2) is 24.3 Å². The van der Waals surface area contributed by atoms with Gasteiger partial charge in [-0.05, 0) is 37.6 Å². The number of carbonyl (C=O) groups excluding carboxylic acids is 1. The molecule has 26 heavy (non-hydrogen) atoms. The van der Waals surface area contributed by atoms with Crippen molar-refractivity contribution in [2.45, 2.75) is 25.4 Å². The summed E-state index contributed by atoms with van der Waals surface area (Å²) in [5, 5.41) is 9.40. The molecule has 3 rings (SSSR count). The number of hydrogen-bond donors (Lipinski definition) is 2. The van der Waals surface area contributed by atoms with Crippen molar-refractivity contribution in [1.29, 1.82) is 0 Å². The summed E-state index contributed by atoms with van der Waals surface area (Å²) in [6.45, 7) is 5.33. The molecule has 2 aliphatic rings. The van der Waals surface area contributed by atoms with Crippen LogP contribution in [0.3, 0.4) is 0 Å². The van der Waals surface area contributed by atoms with Crippen LogP contribution in [0.2, 0.25) is 0 Å². The Morgan fingerprint density at radius 2 is 1.88 bits per heavy atom. The summed E-state index contributed by atoms with van der Waals surface area (Å²) >= 11 is 0. The monoisotopic (exact) mass is 382 g/mol. The molecule has 1 aromatic rings. The molecule has 0 aliphatic carbocycles. The standard InChI is InChI=1S/C18H27N3O4S/c1-14(18(23)19(2)16-7-12-26(24,25)13-16)20-8-10-21(11-9-20)15-3-5-17(22)6-4-15/h3-6,14,16,22H,7-13H2,1-2H3/p+1/t14-,16+/m1/s1. The molecule has 0 radical (unpaired) electrons. The number of nitrogens with zero attached hydrogens (tertiary/aromatic N) is 2. The van der Waals surface area contributed by atoms with Gasteiger partial charge in [0.2, 0.25) is 0 Å². The first-order chi connectivity index (χ1) is 12.3. The summed E-state index contributed by atoms with van der Waals surface area (Å²) in [5.41, 5.74) is 1.08. The largest absolute Gasteiger partial charge is 0.508 e. The third-order valence-corrected chi connectivity index (χ3v) is 7.46. The van der Waals surface area contributed by atoms with Crippen LogP contribution in [-0.4, -0.2) is 81.1 Å². The Morgan fingerprint density at radius 1 is 1.27 bits per heavy atom. The van der Waals surface area contributed by atoms with E-state index in [1.165, 1.54) is 4.90 Å². The first kappa shape index (κ1) is 19.0. The molecule has 0 spiro atoms. The number of hydrogen-bond acceptors (Lipinski definition) is 5. The number of quaternary nitrogens is 1. The quantitative estimate of drug-likeness (QED) is 0.708. The van der Waals surface area contributed by atoms with Crippen LogP contribution < -0.4 is 9.80 Å². The molecule has 2 aliphatic heterocycles. The van der Waals surface area contributed by atoms with Crippen LogP contribution in [-0.2, 0) is 14.6 Å². The molecule has 0 bridgehead atoms. The van der Waals surface area contributed by atoms with Gasteiger partial charge in [-0.3, -0.25) is 4.79 Å². The number of phenolic OH excluding ortho intramolecular Hbond substituents is 1. The molecular weight excluding hydrogens is 354 g/mol. The highest BCUT2D eigenvalue weighted by Gasteiger charge is 2.37. The Kier molecular flexibility index (Phi) is 5.43. The number of likely N-dealkylation sites (N-methyl/N-ethyl adjacent to an activating group) is 1. The molecular formula is C18H28N3O4S+. The number of phenols is 1. The second-order valence-electron chi connectivity index (χ2n) is 7.39. The lowest BCUT2D eigenvalue weighted by Crippen LogP contribution is -3.19. The van der Waals surface area contributed by atoms with E-state index in [4.69, 9.17) is 0 Å². The molecule has 1 aromatic carbocycles. The molecule has 1 amide bonds. The number of amides is 1. The summed E-state index contributed by atoms with van der Waals surface area (Å²) in [6, 6.07) is 6.82. The molecule has 8 heteroatoms. The molecule has 0 saturated carbocycles. The van der Waals surface area contributed by atoms with Crippen molar-refractivity contribution in [3.8, 4) is 5.75 Å². The highest BCUT2D eigenvalue weighted by atomic mass is 32.2. The number of sulfone groups is 1. The maximum Gasteiger partial charge on any atom is 0.280 e. The highest BCUT2D eigenvalue weighted by molar-refractivity contribution is 7.91. The molecule has 2 heterocycles. The van der Waals surface area contributed by atoms with Crippen molar-refractivity contribution in [3.05, 3.63) is 24.3 Å². The number of rotatable bonds is 4. The Bertz CT molecular complexity index is 742. The zero-order chi connectivity index (χ0) is 18.9. The summed E-state index contributed by atoms with van der Waals surface area (Å²) < 4.78 is 23.3. The van der Waals surface area contributed by atoms with Crippen molar-refractivity contribution in [2.24, 2.45) is 0 Å². The average molecular weight is 383 g/mol. The Morgan fingerprint density at radius 3 is 2.42 bits per heavy atom. The van der Waals surface area contributed by atoms with E-state index < -0.39 is 9.84 Å². The summed E-state index contributed by atoms with van der Waals surface area (Å²) in [7, 11) is -1.26. The lowest BCUT2D eigenvalue weighted by molar-refractivity contribution is -0.915. The van der Waals surface area contributed by atoms with Crippen LogP contribution in [0.25, 0.3) is 0 Å². The van der Waals surface area contributed by atoms with E-state index in [0.717, 1.165) is 31.9 Å². The number of anilines is 1. The second kappa shape index (κ2) is 7.44. The third kappa shape index (κ3) is 4.12. The minimum absolute atomic E-state index is 0.0279. The van der Waals surface area contributed by atoms with Gasteiger partial charge in [0.05, 0.1) is 37.7 Å². The van der Waals surface area contributed by atoms with E-state index >= 15 is 0 Å². The van der Waals surface area contributed by atoms with Crippen LogP contribution in [0.1, 0.15) is 13.3 Å². The fourth-order valence-corrected chi connectivity index (χ4v) is 5.66.